The average molecular weight is 308 g/mol. The van der Waals surface area contributed by atoms with Crippen molar-refractivity contribution in [2.75, 3.05) is 6.54 Å². The summed E-state index contributed by atoms with van der Waals surface area (Å²) < 4.78 is 11.5. The van der Waals surface area contributed by atoms with E-state index >= 15 is 0 Å². The van der Waals surface area contributed by atoms with Crippen LogP contribution in [-0.4, -0.2) is 6.54 Å². The Hall–Kier alpha value is -1.45. The SMILES string of the molecule is CCCNCc1cc(COc2cc(Cl)ccc2C)oc1C. The van der Waals surface area contributed by atoms with Gasteiger partial charge in [-0.1, -0.05) is 24.6 Å². The summed E-state index contributed by atoms with van der Waals surface area (Å²) >= 11 is 5.99. The number of benzene rings is 1. The van der Waals surface area contributed by atoms with Crippen LogP contribution in [0.25, 0.3) is 0 Å². The third-order valence-electron chi connectivity index (χ3n) is 3.33. The molecule has 0 spiro atoms. The van der Waals surface area contributed by atoms with Gasteiger partial charge < -0.3 is 14.5 Å². The van der Waals surface area contributed by atoms with Gasteiger partial charge in [0.05, 0.1) is 0 Å². The van der Waals surface area contributed by atoms with Gasteiger partial charge in [0.15, 0.2) is 0 Å². The first-order valence-corrected chi connectivity index (χ1v) is 7.65. The molecular formula is C17H22ClNO2. The first-order valence-electron chi connectivity index (χ1n) is 7.28. The van der Waals surface area contributed by atoms with Gasteiger partial charge in [0.1, 0.15) is 23.9 Å². The van der Waals surface area contributed by atoms with Crippen molar-refractivity contribution in [3.8, 4) is 5.75 Å². The number of ether oxygens (including phenoxy) is 1. The van der Waals surface area contributed by atoms with Crippen LogP contribution in [0.1, 0.15) is 36.0 Å². The second-order valence-corrected chi connectivity index (χ2v) is 5.61. The Kier molecular flexibility index (Phi) is 5.71. The number of hydrogen-bond acceptors (Lipinski definition) is 3. The molecule has 114 valence electrons. The second kappa shape index (κ2) is 7.53. The van der Waals surface area contributed by atoms with E-state index in [0.29, 0.717) is 11.6 Å². The minimum absolute atomic E-state index is 0.412. The van der Waals surface area contributed by atoms with Crippen LogP contribution < -0.4 is 10.1 Å². The highest BCUT2D eigenvalue weighted by molar-refractivity contribution is 6.30. The van der Waals surface area contributed by atoms with E-state index < -0.39 is 0 Å². The molecule has 3 nitrogen and oxygen atoms in total. The van der Waals surface area contributed by atoms with Crippen molar-refractivity contribution in [3.05, 3.63) is 51.9 Å². The largest absolute Gasteiger partial charge is 0.485 e. The molecule has 2 aromatic rings. The van der Waals surface area contributed by atoms with Gasteiger partial charge in [-0.05, 0) is 50.6 Å². The van der Waals surface area contributed by atoms with E-state index in [-0.39, 0.29) is 0 Å². The van der Waals surface area contributed by atoms with Gasteiger partial charge in [-0.15, -0.1) is 0 Å². The third-order valence-corrected chi connectivity index (χ3v) is 3.57. The molecule has 0 aliphatic heterocycles. The molecule has 0 radical (unpaired) electrons. The topological polar surface area (TPSA) is 34.4 Å². The minimum atomic E-state index is 0.412. The van der Waals surface area contributed by atoms with E-state index in [9.17, 15) is 0 Å². The molecule has 1 aromatic carbocycles. The first-order chi connectivity index (χ1) is 10.1. The summed E-state index contributed by atoms with van der Waals surface area (Å²) in [6.07, 6.45) is 1.13. The Morgan fingerprint density at radius 3 is 2.81 bits per heavy atom. The molecule has 0 saturated carbocycles. The molecular weight excluding hydrogens is 286 g/mol. The molecule has 1 aromatic heterocycles. The van der Waals surface area contributed by atoms with Crippen LogP contribution in [0.2, 0.25) is 5.02 Å². The highest BCUT2D eigenvalue weighted by Crippen LogP contribution is 2.24. The van der Waals surface area contributed by atoms with Crippen molar-refractivity contribution in [1.29, 1.82) is 0 Å². The predicted molar refractivity (Wildman–Crippen MR) is 86.0 cm³/mol. The van der Waals surface area contributed by atoms with Gasteiger partial charge in [0, 0.05) is 17.1 Å². The Balaban J connectivity index is 1.97. The molecule has 21 heavy (non-hydrogen) atoms. The summed E-state index contributed by atoms with van der Waals surface area (Å²) in [6, 6.07) is 7.69. The summed E-state index contributed by atoms with van der Waals surface area (Å²) in [6.45, 7) is 8.39. The van der Waals surface area contributed by atoms with E-state index in [0.717, 1.165) is 42.3 Å². The lowest BCUT2D eigenvalue weighted by Gasteiger charge is -2.07. The van der Waals surface area contributed by atoms with Crippen molar-refractivity contribution in [3.63, 3.8) is 0 Å². The number of hydrogen-bond donors (Lipinski definition) is 1. The molecule has 0 unspecified atom stereocenters. The molecule has 0 amide bonds. The zero-order chi connectivity index (χ0) is 15.2. The molecule has 4 heteroatoms. The quantitative estimate of drug-likeness (QED) is 0.757. The first kappa shape index (κ1) is 15.9. The molecule has 0 fully saturated rings. The van der Waals surface area contributed by atoms with Crippen molar-refractivity contribution in [2.24, 2.45) is 0 Å². The van der Waals surface area contributed by atoms with Crippen molar-refractivity contribution in [1.82, 2.24) is 5.32 Å². The summed E-state index contributed by atoms with van der Waals surface area (Å²) in [5.41, 5.74) is 2.25. The predicted octanol–water partition coefficient (Wildman–Crippen LogP) is 4.63. The lowest BCUT2D eigenvalue weighted by molar-refractivity contribution is 0.266. The van der Waals surface area contributed by atoms with Crippen molar-refractivity contribution in [2.45, 2.75) is 40.3 Å². The summed E-state index contributed by atoms with van der Waals surface area (Å²) in [7, 11) is 0. The van der Waals surface area contributed by atoms with E-state index in [2.05, 4.69) is 18.3 Å². The third kappa shape index (κ3) is 4.51. The lowest BCUT2D eigenvalue weighted by Crippen LogP contribution is -2.13. The highest BCUT2D eigenvalue weighted by atomic mass is 35.5. The summed E-state index contributed by atoms with van der Waals surface area (Å²) in [5, 5.41) is 4.05. The Morgan fingerprint density at radius 2 is 2.05 bits per heavy atom. The summed E-state index contributed by atoms with van der Waals surface area (Å²) in [5.74, 6) is 2.57. The van der Waals surface area contributed by atoms with Gasteiger partial charge in [0.25, 0.3) is 0 Å². The number of furan rings is 1. The van der Waals surface area contributed by atoms with Gasteiger partial charge >= 0.3 is 0 Å². The molecule has 1 N–H and O–H groups in total. The zero-order valence-electron chi connectivity index (χ0n) is 12.8. The Morgan fingerprint density at radius 1 is 1.24 bits per heavy atom. The molecule has 1 heterocycles. The number of rotatable bonds is 7. The smallest absolute Gasteiger partial charge is 0.146 e. The minimum Gasteiger partial charge on any atom is -0.485 e. The number of aryl methyl sites for hydroxylation is 2. The van der Waals surface area contributed by atoms with Gasteiger partial charge in [0.2, 0.25) is 0 Å². The van der Waals surface area contributed by atoms with Crippen molar-refractivity contribution >= 4 is 11.6 Å². The molecule has 2 rings (SSSR count). The van der Waals surface area contributed by atoms with Gasteiger partial charge in [-0.25, -0.2) is 0 Å². The van der Waals surface area contributed by atoms with E-state index in [1.807, 2.05) is 32.0 Å². The maximum Gasteiger partial charge on any atom is 0.146 e. The fourth-order valence-corrected chi connectivity index (χ4v) is 2.27. The lowest BCUT2D eigenvalue weighted by atomic mass is 10.2. The maximum absolute atomic E-state index is 5.99. The van der Waals surface area contributed by atoms with Gasteiger partial charge in [-0.2, -0.15) is 0 Å². The van der Waals surface area contributed by atoms with Gasteiger partial charge in [-0.3, -0.25) is 0 Å². The maximum atomic E-state index is 5.99. The Labute approximate surface area is 131 Å². The normalized spacial score (nSPS) is 10.9. The fourth-order valence-electron chi connectivity index (χ4n) is 2.11. The molecule has 0 bridgehead atoms. The molecule has 0 aliphatic rings. The number of halogens is 1. The molecule has 0 aliphatic carbocycles. The van der Waals surface area contributed by atoms with Crippen molar-refractivity contribution < 1.29 is 9.15 Å². The number of nitrogens with one attached hydrogen (secondary N) is 1. The van der Waals surface area contributed by atoms with Crippen LogP contribution in [0, 0.1) is 13.8 Å². The zero-order valence-corrected chi connectivity index (χ0v) is 13.6. The van der Waals surface area contributed by atoms with E-state index in [1.165, 1.54) is 5.56 Å². The summed E-state index contributed by atoms with van der Waals surface area (Å²) in [4.78, 5) is 0. The van der Waals surface area contributed by atoms with Crippen LogP contribution in [0.3, 0.4) is 0 Å². The average Bonchev–Trinajstić information content (AvgIpc) is 2.81. The highest BCUT2D eigenvalue weighted by Gasteiger charge is 2.08. The second-order valence-electron chi connectivity index (χ2n) is 5.17. The van der Waals surface area contributed by atoms with E-state index in [4.69, 9.17) is 20.8 Å². The fraction of sp³-hybridized carbons (Fsp3) is 0.412. The molecule has 0 atom stereocenters. The van der Waals surface area contributed by atoms with Crippen LogP contribution in [0.15, 0.2) is 28.7 Å². The van der Waals surface area contributed by atoms with Crippen LogP contribution in [0.5, 0.6) is 5.75 Å². The van der Waals surface area contributed by atoms with Crippen LogP contribution >= 0.6 is 11.6 Å². The molecule has 0 saturated heterocycles. The Bertz CT molecular complexity index is 592. The standard InChI is InChI=1S/C17H22ClNO2/c1-4-7-19-10-14-8-16(21-13(14)3)11-20-17-9-15(18)6-5-12(17)2/h5-6,8-9,19H,4,7,10-11H2,1-3H3. The van der Waals surface area contributed by atoms with Crippen LogP contribution in [-0.2, 0) is 13.2 Å². The van der Waals surface area contributed by atoms with Crippen LogP contribution in [0.4, 0.5) is 0 Å². The van der Waals surface area contributed by atoms with E-state index in [1.54, 1.807) is 0 Å². The monoisotopic (exact) mass is 307 g/mol.